The van der Waals surface area contributed by atoms with Crippen molar-refractivity contribution in [2.75, 3.05) is 32.7 Å². The summed E-state index contributed by atoms with van der Waals surface area (Å²) in [4.78, 5) is 0.963. The molecule has 5 nitrogen and oxygen atoms in total. The normalized spacial score (nSPS) is 18.1. The third-order valence-corrected chi connectivity index (χ3v) is 6.32. The molecule has 1 aromatic heterocycles. The highest BCUT2D eigenvalue weighted by molar-refractivity contribution is 7.86. The molecule has 0 unspecified atom stereocenters. The van der Waals surface area contributed by atoms with Gasteiger partial charge in [0.25, 0.3) is 10.2 Å². The van der Waals surface area contributed by atoms with E-state index in [1.807, 2.05) is 13.0 Å². The van der Waals surface area contributed by atoms with Crippen LogP contribution in [0.5, 0.6) is 0 Å². The van der Waals surface area contributed by atoms with Gasteiger partial charge >= 0.3 is 0 Å². The van der Waals surface area contributed by atoms with Gasteiger partial charge in [0.1, 0.15) is 0 Å². The van der Waals surface area contributed by atoms with Gasteiger partial charge in [0.15, 0.2) is 0 Å². The Morgan fingerprint density at radius 1 is 1.42 bits per heavy atom. The monoisotopic (exact) mass is 323 g/mol. The number of thiophene rings is 1. The molecule has 19 heavy (non-hydrogen) atoms. The minimum atomic E-state index is -3.37. The van der Waals surface area contributed by atoms with Crippen LogP contribution in [0.15, 0.2) is 12.1 Å². The number of halogens is 1. The molecule has 2 heterocycles. The molecule has 108 valence electrons. The molecule has 0 atom stereocenters. The number of hydrogen-bond acceptors (Lipinski definition) is 4. The zero-order valence-corrected chi connectivity index (χ0v) is 13.2. The van der Waals surface area contributed by atoms with Gasteiger partial charge in [-0.05, 0) is 12.1 Å². The second kappa shape index (κ2) is 6.51. The highest BCUT2D eigenvalue weighted by atomic mass is 35.5. The zero-order valence-electron chi connectivity index (χ0n) is 10.8. The highest BCUT2D eigenvalue weighted by Gasteiger charge is 2.29. The average Bonchev–Trinajstić information content (AvgIpc) is 2.82. The van der Waals surface area contributed by atoms with Gasteiger partial charge in [-0.3, -0.25) is 0 Å². The van der Waals surface area contributed by atoms with E-state index in [0.717, 1.165) is 4.88 Å². The van der Waals surface area contributed by atoms with Crippen molar-refractivity contribution in [2.45, 2.75) is 13.5 Å². The number of nitrogens with zero attached hydrogens (tertiary/aromatic N) is 2. The van der Waals surface area contributed by atoms with E-state index < -0.39 is 10.2 Å². The van der Waals surface area contributed by atoms with Gasteiger partial charge in [0.2, 0.25) is 0 Å². The summed E-state index contributed by atoms with van der Waals surface area (Å²) in [5.41, 5.74) is 0. The molecule has 2 rings (SSSR count). The Balaban J connectivity index is 2.11. The van der Waals surface area contributed by atoms with E-state index in [4.69, 9.17) is 11.6 Å². The summed E-state index contributed by atoms with van der Waals surface area (Å²) in [5, 5.41) is 3.16. The van der Waals surface area contributed by atoms with Crippen LogP contribution in [0.1, 0.15) is 11.8 Å². The molecule has 1 fully saturated rings. The van der Waals surface area contributed by atoms with Crippen LogP contribution in [0, 0.1) is 0 Å². The van der Waals surface area contributed by atoms with E-state index in [-0.39, 0.29) is 0 Å². The molecule has 0 aliphatic carbocycles. The molecular formula is C11H18ClN3O2S2. The van der Waals surface area contributed by atoms with Gasteiger partial charge < -0.3 is 5.32 Å². The Hall–Kier alpha value is -0.180. The van der Waals surface area contributed by atoms with E-state index in [0.29, 0.717) is 43.6 Å². The van der Waals surface area contributed by atoms with Gasteiger partial charge in [-0.25, -0.2) is 0 Å². The van der Waals surface area contributed by atoms with Gasteiger partial charge in [-0.1, -0.05) is 18.5 Å². The fourth-order valence-electron chi connectivity index (χ4n) is 2.01. The summed E-state index contributed by atoms with van der Waals surface area (Å²) in [7, 11) is -3.37. The molecular weight excluding hydrogens is 306 g/mol. The smallest absolute Gasteiger partial charge is 0.282 e. The second-order valence-corrected chi connectivity index (χ2v) is 8.02. The Bertz CT molecular complexity index is 512. The molecule has 0 spiro atoms. The standard InChI is InChI=1S/C11H18ClN3O2S2/c1-2-14(9-10-3-4-11(12)18-10)19(16,17)15-7-5-13-6-8-15/h3-4,13H,2,5-9H2,1H3. The topological polar surface area (TPSA) is 52.7 Å². The van der Waals surface area contributed by atoms with Crippen LogP contribution in [0.3, 0.4) is 0 Å². The van der Waals surface area contributed by atoms with Crippen LogP contribution in [0.2, 0.25) is 4.34 Å². The first-order valence-corrected chi connectivity index (χ1v) is 8.83. The van der Waals surface area contributed by atoms with Crippen molar-refractivity contribution in [3.05, 3.63) is 21.3 Å². The lowest BCUT2D eigenvalue weighted by atomic mass is 10.4. The van der Waals surface area contributed by atoms with Gasteiger partial charge in [0, 0.05) is 44.1 Å². The summed E-state index contributed by atoms with van der Waals surface area (Å²) >= 11 is 7.30. The van der Waals surface area contributed by atoms with Crippen molar-refractivity contribution in [2.24, 2.45) is 0 Å². The lowest BCUT2D eigenvalue weighted by Crippen LogP contribution is -2.51. The van der Waals surface area contributed by atoms with Crippen LogP contribution in [-0.2, 0) is 16.8 Å². The first-order valence-electron chi connectivity index (χ1n) is 6.24. The molecule has 0 amide bonds. The number of piperazine rings is 1. The molecule has 1 aliphatic heterocycles. The first-order chi connectivity index (χ1) is 9.04. The van der Waals surface area contributed by atoms with Crippen LogP contribution >= 0.6 is 22.9 Å². The summed E-state index contributed by atoms with van der Waals surface area (Å²) in [6, 6.07) is 3.68. The van der Waals surface area contributed by atoms with Crippen molar-refractivity contribution in [1.29, 1.82) is 0 Å². The van der Waals surface area contributed by atoms with Gasteiger partial charge in [-0.15, -0.1) is 11.3 Å². The molecule has 0 bridgehead atoms. The molecule has 0 saturated carbocycles. The highest BCUT2D eigenvalue weighted by Crippen LogP contribution is 2.24. The fourth-order valence-corrected chi connectivity index (χ4v) is 4.79. The van der Waals surface area contributed by atoms with E-state index >= 15 is 0 Å². The molecule has 1 aliphatic rings. The predicted molar refractivity (Wildman–Crippen MR) is 78.8 cm³/mol. The van der Waals surface area contributed by atoms with Crippen LogP contribution < -0.4 is 5.32 Å². The maximum absolute atomic E-state index is 12.5. The van der Waals surface area contributed by atoms with Crippen molar-refractivity contribution in [1.82, 2.24) is 13.9 Å². The number of rotatable bonds is 5. The molecule has 1 aromatic rings. The quantitative estimate of drug-likeness (QED) is 0.890. The van der Waals surface area contributed by atoms with Gasteiger partial charge in [0.05, 0.1) is 4.34 Å². The SMILES string of the molecule is CCN(Cc1ccc(Cl)s1)S(=O)(=O)N1CCNCC1. The Kier molecular flexibility index (Phi) is 5.22. The zero-order chi connectivity index (χ0) is 13.9. The largest absolute Gasteiger partial charge is 0.314 e. The molecule has 1 saturated heterocycles. The predicted octanol–water partition coefficient (Wildman–Crippen LogP) is 1.37. The maximum atomic E-state index is 12.5. The third-order valence-electron chi connectivity index (χ3n) is 3.04. The third kappa shape index (κ3) is 3.68. The summed E-state index contributed by atoms with van der Waals surface area (Å²) in [5.74, 6) is 0. The Labute approximate surface area is 123 Å². The van der Waals surface area contributed by atoms with E-state index in [1.54, 1.807) is 10.4 Å². The molecule has 1 N–H and O–H groups in total. The van der Waals surface area contributed by atoms with Crippen molar-refractivity contribution in [3.8, 4) is 0 Å². The minimum Gasteiger partial charge on any atom is -0.314 e. The Morgan fingerprint density at radius 3 is 2.63 bits per heavy atom. The van der Waals surface area contributed by atoms with Crippen molar-refractivity contribution in [3.63, 3.8) is 0 Å². The Morgan fingerprint density at radius 2 is 2.11 bits per heavy atom. The number of nitrogens with one attached hydrogen (secondary N) is 1. The average molecular weight is 324 g/mol. The number of hydrogen-bond donors (Lipinski definition) is 1. The van der Waals surface area contributed by atoms with Crippen LogP contribution in [0.4, 0.5) is 0 Å². The first kappa shape index (κ1) is 15.2. The van der Waals surface area contributed by atoms with Crippen LogP contribution in [0.25, 0.3) is 0 Å². The molecule has 0 radical (unpaired) electrons. The van der Waals surface area contributed by atoms with Crippen molar-refractivity contribution >= 4 is 33.1 Å². The lowest BCUT2D eigenvalue weighted by Gasteiger charge is -2.31. The summed E-state index contributed by atoms with van der Waals surface area (Å²) in [6.45, 7) is 5.19. The van der Waals surface area contributed by atoms with E-state index in [2.05, 4.69) is 5.32 Å². The van der Waals surface area contributed by atoms with E-state index in [1.165, 1.54) is 15.6 Å². The summed E-state index contributed by atoms with van der Waals surface area (Å²) in [6.07, 6.45) is 0. The van der Waals surface area contributed by atoms with Crippen LogP contribution in [-0.4, -0.2) is 49.8 Å². The minimum absolute atomic E-state index is 0.389. The molecule has 8 heteroatoms. The maximum Gasteiger partial charge on any atom is 0.282 e. The second-order valence-electron chi connectivity index (χ2n) is 4.29. The summed E-state index contributed by atoms with van der Waals surface area (Å²) < 4.78 is 28.8. The van der Waals surface area contributed by atoms with Crippen molar-refractivity contribution < 1.29 is 8.42 Å². The van der Waals surface area contributed by atoms with Gasteiger partial charge in [-0.2, -0.15) is 17.0 Å². The lowest BCUT2D eigenvalue weighted by molar-refractivity contribution is 0.313. The van der Waals surface area contributed by atoms with E-state index in [9.17, 15) is 8.42 Å². The fraction of sp³-hybridized carbons (Fsp3) is 0.636. The molecule has 0 aromatic carbocycles.